The fraction of sp³-hybridized carbons (Fsp3) is 0.533. The molecule has 1 fully saturated rings. The number of carbonyl (C=O) groups excluding carboxylic acids is 4. The fourth-order valence-electron chi connectivity index (χ4n) is 2.09. The highest BCUT2D eigenvalue weighted by molar-refractivity contribution is 5.92. The van der Waals surface area contributed by atoms with Gasteiger partial charge in [-0.1, -0.05) is 6.58 Å². The molecule has 5 unspecified atom stereocenters. The molecule has 0 radical (unpaired) electrons. The van der Waals surface area contributed by atoms with Gasteiger partial charge in [-0.15, -0.1) is 0 Å². The van der Waals surface area contributed by atoms with Crippen LogP contribution in [0.15, 0.2) is 12.2 Å². The third-order valence-electron chi connectivity index (χ3n) is 3.16. The minimum atomic E-state index is -1.79. The average Bonchev–Trinajstić information content (AvgIpc) is 2.57. The van der Waals surface area contributed by atoms with Crippen molar-refractivity contribution in [3.05, 3.63) is 12.2 Å². The molecule has 11 nitrogen and oxygen atoms in total. The molecule has 5 atom stereocenters. The topological polar surface area (TPSA) is 158 Å². The first-order valence-electron chi connectivity index (χ1n) is 7.18. The fourth-order valence-corrected chi connectivity index (χ4v) is 2.09. The van der Waals surface area contributed by atoms with Gasteiger partial charge >= 0.3 is 23.9 Å². The molecule has 0 bridgehead atoms. The van der Waals surface area contributed by atoms with Gasteiger partial charge in [0.2, 0.25) is 12.4 Å². The maximum Gasteiger partial charge on any atom is 0.350 e. The van der Waals surface area contributed by atoms with Crippen molar-refractivity contribution in [3.8, 4) is 6.07 Å². The molecular weight excluding hydrogens is 354 g/mol. The number of carbonyl (C=O) groups is 4. The minimum absolute atomic E-state index is 0.597. The number of nitriles is 1. The standard InChI is InChI=1S/C15H17NO10/c1-6(5-16)13(20)26-15-12(24-8(3)18)10(23-7(2)17)9(19)11(25-15)14(21)22-4/h9-12,15,19H,1H2,2-4H3. The van der Waals surface area contributed by atoms with Crippen LogP contribution in [0.4, 0.5) is 0 Å². The molecule has 0 aromatic rings. The first kappa shape index (κ1) is 21.1. The molecule has 1 heterocycles. The number of rotatable bonds is 5. The first-order valence-corrected chi connectivity index (χ1v) is 7.18. The molecular formula is C15H17NO10. The van der Waals surface area contributed by atoms with Crippen LogP contribution in [0.3, 0.4) is 0 Å². The second kappa shape index (κ2) is 8.93. The van der Waals surface area contributed by atoms with Gasteiger partial charge in [-0.3, -0.25) is 9.59 Å². The Bertz CT molecular complexity index is 651. The van der Waals surface area contributed by atoms with Crippen molar-refractivity contribution in [2.75, 3.05) is 7.11 Å². The van der Waals surface area contributed by atoms with Gasteiger partial charge in [0.15, 0.2) is 12.2 Å². The van der Waals surface area contributed by atoms with E-state index < -0.39 is 60.2 Å². The zero-order valence-corrected chi connectivity index (χ0v) is 14.2. The number of hydrogen-bond acceptors (Lipinski definition) is 11. The van der Waals surface area contributed by atoms with Crippen molar-refractivity contribution >= 4 is 23.9 Å². The average molecular weight is 371 g/mol. The number of hydrogen-bond donors (Lipinski definition) is 1. The lowest BCUT2D eigenvalue weighted by atomic mass is 9.98. The highest BCUT2D eigenvalue weighted by Crippen LogP contribution is 2.28. The largest absolute Gasteiger partial charge is 0.467 e. The Balaban J connectivity index is 3.25. The summed E-state index contributed by atoms with van der Waals surface area (Å²) in [6.45, 7) is 5.18. The molecule has 0 spiro atoms. The number of aliphatic hydroxyl groups is 1. The summed E-state index contributed by atoms with van der Waals surface area (Å²) in [5, 5.41) is 18.9. The monoisotopic (exact) mass is 371 g/mol. The molecule has 1 N–H and O–H groups in total. The van der Waals surface area contributed by atoms with Gasteiger partial charge in [-0.2, -0.15) is 5.26 Å². The molecule has 0 aliphatic carbocycles. The highest BCUT2D eigenvalue weighted by Gasteiger charge is 2.53. The molecule has 11 heteroatoms. The summed E-state index contributed by atoms with van der Waals surface area (Å²) in [6, 6.07) is 1.45. The van der Waals surface area contributed by atoms with E-state index in [1.165, 1.54) is 6.07 Å². The number of esters is 4. The van der Waals surface area contributed by atoms with Gasteiger partial charge < -0.3 is 28.8 Å². The predicted octanol–water partition coefficient (Wildman–Crippen LogP) is -1.27. The summed E-state index contributed by atoms with van der Waals surface area (Å²) in [5.74, 6) is -4.03. The van der Waals surface area contributed by atoms with Gasteiger partial charge in [0.25, 0.3) is 0 Å². The normalized spacial score (nSPS) is 27.4. The van der Waals surface area contributed by atoms with Crippen LogP contribution in [0.2, 0.25) is 0 Å². The van der Waals surface area contributed by atoms with Gasteiger partial charge in [-0.25, -0.2) is 9.59 Å². The lowest BCUT2D eigenvalue weighted by molar-refractivity contribution is -0.291. The van der Waals surface area contributed by atoms with Crippen LogP contribution < -0.4 is 0 Å². The molecule has 142 valence electrons. The Labute approximate surface area is 148 Å². The molecule has 0 aromatic heterocycles. The van der Waals surface area contributed by atoms with E-state index in [-0.39, 0.29) is 0 Å². The second-order valence-corrected chi connectivity index (χ2v) is 5.08. The molecule has 1 aliphatic rings. The first-order chi connectivity index (χ1) is 12.1. The van der Waals surface area contributed by atoms with Crippen molar-refractivity contribution in [2.24, 2.45) is 0 Å². The van der Waals surface area contributed by atoms with Crippen molar-refractivity contribution < 1.29 is 48.0 Å². The number of methoxy groups -OCH3 is 1. The van der Waals surface area contributed by atoms with Gasteiger partial charge in [0.1, 0.15) is 17.7 Å². The van der Waals surface area contributed by atoms with E-state index in [0.717, 1.165) is 21.0 Å². The predicted molar refractivity (Wildman–Crippen MR) is 78.6 cm³/mol. The third-order valence-corrected chi connectivity index (χ3v) is 3.16. The summed E-state index contributed by atoms with van der Waals surface area (Å²) in [7, 11) is 1.01. The quantitative estimate of drug-likeness (QED) is 0.266. The van der Waals surface area contributed by atoms with E-state index in [9.17, 15) is 24.3 Å². The van der Waals surface area contributed by atoms with Crippen molar-refractivity contribution in [3.63, 3.8) is 0 Å². The molecule has 0 aromatic carbocycles. The van der Waals surface area contributed by atoms with E-state index in [2.05, 4.69) is 11.3 Å². The third kappa shape index (κ3) is 5.01. The van der Waals surface area contributed by atoms with Crippen LogP contribution in [0, 0.1) is 11.3 Å². The Morgan fingerprint density at radius 1 is 1.08 bits per heavy atom. The van der Waals surface area contributed by atoms with Crippen molar-refractivity contribution in [1.29, 1.82) is 5.26 Å². The zero-order chi connectivity index (χ0) is 20.0. The maximum absolute atomic E-state index is 11.8. The molecule has 26 heavy (non-hydrogen) atoms. The molecule has 0 amide bonds. The molecule has 0 saturated carbocycles. The summed E-state index contributed by atoms with van der Waals surface area (Å²) in [6.07, 6.45) is -8.51. The number of nitrogens with zero attached hydrogens (tertiary/aromatic N) is 1. The summed E-state index contributed by atoms with van der Waals surface area (Å²) < 4.78 is 24.3. The van der Waals surface area contributed by atoms with E-state index >= 15 is 0 Å². The Morgan fingerprint density at radius 3 is 2.08 bits per heavy atom. The zero-order valence-electron chi connectivity index (χ0n) is 14.2. The van der Waals surface area contributed by atoms with Crippen LogP contribution in [0.1, 0.15) is 13.8 Å². The molecule has 1 rings (SSSR count). The second-order valence-electron chi connectivity index (χ2n) is 5.08. The number of ether oxygens (including phenoxy) is 5. The molecule has 1 aliphatic heterocycles. The van der Waals surface area contributed by atoms with E-state index in [1.807, 2.05) is 0 Å². The minimum Gasteiger partial charge on any atom is -0.467 e. The van der Waals surface area contributed by atoms with Crippen molar-refractivity contribution in [1.82, 2.24) is 0 Å². The Hall–Kier alpha value is -2.97. The summed E-state index contributed by atoms with van der Waals surface area (Å²) in [5.41, 5.74) is -0.597. The Kier molecular flexibility index (Phi) is 7.24. The lowest BCUT2D eigenvalue weighted by Gasteiger charge is -2.41. The highest BCUT2D eigenvalue weighted by atomic mass is 16.7. The van der Waals surface area contributed by atoms with Gasteiger partial charge in [-0.05, 0) is 0 Å². The van der Waals surface area contributed by atoms with Gasteiger partial charge in [0, 0.05) is 13.8 Å². The van der Waals surface area contributed by atoms with Crippen LogP contribution in [0.5, 0.6) is 0 Å². The van der Waals surface area contributed by atoms with Gasteiger partial charge in [0.05, 0.1) is 7.11 Å². The molecule has 1 saturated heterocycles. The smallest absolute Gasteiger partial charge is 0.350 e. The Morgan fingerprint density at radius 2 is 1.62 bits per heavy atom. The van der Waals surface area contributed by atoms with E-state index in [1.54, 1.807) is 0 Å². The van der Waals surface area contributed by atoms with Crippen molar-refractivity contribution in [2.45, 2.75) is 44.6 Å². The summed E-state index contributed by atoms with van der Waals surface area (Å²) in [4.78, 5) is 46.2. The van der Waals surface area contributed by atoms with E-state index in [4.69, 9.17) is 24.2 Å². The SMILES string of the molecule is C=C(C#N)C(=O)OC1OC(C(=O)OC)C(O)C(OC(C)=O)C1OC(C)=O. The number of aliphatic hydroxyl groups excluding tert-OH is 1. The maximum atomic E-state index is 11.8. The van der Waals surface area contributed by atoms with Crippen LogP contribution in [-0.2, 0) is 42.9 Å². The van der Waals surface area contributed by atoms with E-state index in [0.29, 0.717) is 0 Å². The summed E-state index contributed by atoms with van der Waals surface area (Å²) >= 11 is 0. The van der Waals surface area contributed by atoms with Crippen LogP contribution in [-0.4, -0.2) is 66.8 Å². The van der Waals surface area contributed by atoms with Crippen LogP contribution in [0.25, 0.3) is 0 Å². The lowest BCUT2D eigenvalue weighted by Crippen LogP contribution is -2.63. The van der Waals surface area contributed by atoms with Crippen LogP contribution >= 0.6 is 0 Å².